The first-order valence-electron chi connectivity index (χ1n) is 5.47. The van der Waals surface area contributed by atoms with E-state index in [1.807, 2.05) is 6.92 Å². The molecule has 0 aliphatic heterocycles. The summed E-state index contributed by atoms with van der Waals surface area (Å²) in [6, 6.07) is -0.379. The van der Waals surface area contributed by atoms with Crippen molar-refractivity contribution in [2.24, 2.45) is 5.41 Å². The third-order valence-electron chi connectivity index (χ3n) is 2.36. The number of aryl methyl sites for hydroxylation is 1. The van der Waals surface area contributed by atoms with Crippen molar-refractivity contribution in [3.8, 4) is 0 Å². The number of aromatic nitrogens is 1. The van der Waals surface area contributed by atoms with Crippen LogP contribution in [0.2, 0.25) is 0 Å². The summed E-state index contributed by atoms with van der Waals surface area (Å²) in [5.41, 5.74) is -0.974. The minimum Gasteiger partial charge on any atom is -0.481 e. The number of nitrogens with one attached hydrogen (secondary N) is 2. The molecule has 2 amide bonds. The van der Waals surface area contributed by atoms with E-state index in [0.717, 1.165) is 9.88 Å². The molecule has 0 aliphatic carbocycles. The van der Waals surface area contributed by atoms with Gasteiger partial charge in [0, 0.05) is 17.6 Å². The maximum absolute atomic E-state index is 11.5. The van der Waals surface area contributed by atoms with Gasteiger partial charge in [0.15, 0.2) is 0 Å². The van der Waals surface area contributed by atoms with Crippen LogP contribution in [0.15, 0.2) is 6.20 Å². The molecule has 1 aromatic rings. The monoisotopic (exact) mass is 271 g/mol. The number of carboxylic acids is 1. The highest BCUT2D eigenvalue weighted by atomic mass is 32.1. The molecule has 0 unspecified atom stereocenters. The van der Waals surface area contributed by atoms with Gasteiger partial charge in [-0.3, -0.25) is 4.79 Å². The number of aliphatic carboxylic acids is 1. The van der Waals surface area contributed by atoms with Gasteiger partial charge in [-0.05, 0) is 20.8 Å². The van der Waals surface area contributed by atoms with E-state index in [-0.39, 0.29) is 12.6 Å². The third kappa shape index (κ3) is 4.33. The molecular weight excluding hydrogens is 254 g/mol. The van der Waals surface area contributed by atoms with Gasteiger partial charge in [-0.1, -0.05) is 0 Å². The highest BCUT2D eigenvalue weighted by Gasteiger charge is 2.27. The van der Waals surface area contributed by atoms with Crippen molar-refractivity contribution in [2.45, 2.75) is 27.3 Å². The molecule has 0 saturated heterocycles. The van der Waals surface area contributed by atoms with Gasteiger partial charge in [0.1, 0.15) is 0 Å². The average molecular weight is 271 g/mol. The molecule has 18 heavy (non-hydrogen) atoms. The molecule has 0 spiro atoms. The second-order valence-electron chi connectivity index (χ2n) is 4.57. The summed E-state index contributed by atoms with van der Waals surface area (Å²) in [6.45, 7) is 5.48. The van der Waals surface area contributed by atoms with Crippen LogP contribution in [0.25, 0.3) is 0 Å². The topological polar surface area (TPSA) is 91.3 Å². The fourth-order valence-electron chi connectivity index (χ4n) is 1.09. The van der Waals surface area contributed by atoms with Crippen LogP contribution in [0.3, 0.4) is 0 Å². The quantitative estimate of drug-likeness (QED) is 0.754. The molecule has 6 nitrogen and oxygen atoms in total. The van der Waals surface area contributed by atoms with Gasteiger partial charge in [-0.15, -0.1) is 11.3 Å². The van der Waals surface area contributed by atoms with Crippen LogP contribution >= 0.6 is 11.3 Å². The van der Waals surface area contributed by atoms with Gasteiger partial charge < -0.3 is 15.7 Å². The van der Waals surface area contributed by atoms with E-state index in [0.29, 0.717) is 6.54 Å². The van der Waals surface area contributed by atoms with Crippen LogP contribution in [-0.2, 0) is 11.3 Å². The molecule has 0 saturated carbocycles. The SMILES string of the molecule is Cc1ncc(CNC(=O)NCC(C)(C)C(=O)O)s1. The van der Waals surface area contributed by atoms with Gasteiger partial charge in [0.05, 0.1) is 17.0 Å². The van der Waals surface area contributed by atoms with Crippen molar-refractivity contribution in [1.82, 2.24) is 15.6 Å². The zero-order valence-electron chi connectivity index (χ0n) is 10.6. The second-order valence-corrected chi connectivity index (χ2v) is 5.89. The predicted octanol–water partition coefficient (Wildman–Crippen LogP) is 1.36. The van der Waals surface area contributed by atoms with Crippen molar-refractivity contribution < 1.29 is 14.7 Å². The lowest BCUT2D eigenvalue weighted by molar-refractivity contribution is -0.146. The van der Waals surface area contributed by atoms with Crippen molar-refractivity contribution in [1.29, 1.82) is 0 Å². The smallest absolute Gasteiger partial charge is 0.315 e. The largest absolute Gasteiger partial charge is 0.481 e. The van der Waals surface area contributed by atoms with Crippen LogP contribution in [0.4, 0.5) is 4.79 Å². The lowest BCUT2D eigenvalue weighted by Crippen LogP contribution is -2.43. The second kappa shape index (κ2) is 5.81. The molecule has 0 atom stereocenters. The first kappa shape index (κ1) is 14.4. The van der Waals surface area contributed by atoms with E-state index in [9.17, 15) is 9.59 Å². The number of rotatable bonds is 5. The average Bonchev–Trinajstić information content (AvgIpc) is 2.69. The molecule has 1 heterocycles. The Morgan fingerprint density at radius 1 is 1.44 bits per heavy atom. The van der Waals surface area contributed by atoms with Crippen molar-refractivity contribution in [3.05, 3.63) is 16.1 Å². The van der Waals surface area contributed by atoms with Gasteiger partial charge in [0.2, 0.25) is 0 Å². The van der Waals surface area contributed by atoms with Gasteiger partial charge >= 0.3 is 12.0 Å². The minimum atomic E-state index is -0.974. The van der Waals surface area contributed by atoms with Gasteiger partial charge in [-0.2, -0.15) is 0 Å². The predicted molar refractivity (Wildman–Crippen MR) is 68.5 cm³/mol. The normalized spacial score (nSPS) is 11.1. The van der Waals surface area contributed by atoms with Crippen LogP contribution in [0, 0.1) is 12.3 Å². The Balaban J connectivity index is 2.32. The fraction of sp³-hybridized carbons (Fsp3) is 0.545. The van der Waals surface area contributed by atoms with Gasteiger partial charge in [-0.25, -0.2) is 9.78 Å². The van der Waals surface area contributed by atoms with Crippen LogP contribution in [-0.4, -0.2) is 28.6 Å². The summed E-state index contributed by atoms with van der Waals surface area (Å²) >= 11 is 1.51. The number of hydrogen-bond donors (Lipinski definition) is 3. The van der Waals surface area contributed by atoms with E-state index in [1.165, 1.54) is 11.3 Å². The van der Waals surface area contributed by atoms with Crippen LogP contribution < -0.4 is 10.6 Å². The highest BCUT2D eigenvalue weighted by Crippen LogP contribution is 2.13. The van der Waals surface area contributed by atoms with Crippen molar-refractivity contribution in [3.63, 3.8) is 0 Å². The standard InChI is InChI=1S/C11H17N3O3S/c1-7-12-4-8(18-7)5-13-10(17)14-6-11(2,3)9(15)16/h4H,5-6H2,1-3H3,(H,15,16)(H2,13,14,17). The van der Waals surface area contributed by atoms with E-state index in [2.05, 4.69) is 15.6 Å². The molecule has 1 rings (SSSR count). The van der Waals surface area contributed by atoms with E-state index in [1.54, 1.807) is 20.0 Å². The lowest BCUT2D eigenvalue weighted by Gasteiger charge is -2.19. The highest BCUT2D eigenvalue weighted by molar-refractivity contribution is 7.11. The number of hydrogen-bond acceptors (Lipinski definition) is 4. The zero-order chi connectivity index (χ0) is 13.8. The van der Waals surface area contributed by atoms with E-state index < -0.39 is 11.4 Å². The van der Waals surface area contributed by atoms with Crippen molar-refractivity contribution >= 4 is 23.3 Å². The summed E-state index contributed by atoms with van der Waals surface area (Å²) < 4.78 is 0. The summed E-state index contributed by atoms with van der Waals surface area (Å²) in [5.74, 6) is -0.944. The Labute approximate surface area is 109 Å². The summed E-state index contributed by atoms with van der Waals surface area (Å²) in [7, 11) is 0. The zero-order valence-corrected chi connectivity index (χ0v) is 11.4. The number of carboxylic acid groups (broad SMARTS) is 1. The Bertz CT molecular complexity index is 442. The molecule has 100 valence electrons. The maximum Gasteiger partial charge on any atom is 0.315 e. The molecule has 0 radical (unpaired) electrons. The van der Waals surface area contributed by atoms with Crippen LogP contribution in [0.1, 0.15) is 23.7 Å². The summed E-state index contributed by atoms with van der Waals surface area (Å²) in [5, 5.41) is 15.0. The lowest BCUT2D eigenvalue weighted by atomic mass is 9.94. The van der Waals surface area contributed by atoms with E-state index >= 15 is 0 Å². The Morgan fingerprint density at radius 2 is 2.11 bits per heavy atom. The summed E-state index contributed by atoms with van der Waals surface area (Å²) in [6.07, 6.45) is 1.71. The minimum absolute atomic E-state index is 0.0793. The molecule has 0 fully saturated rings. The van der Waals surface area contributed by atoms with Crippen LogP contribution in [0.5, 0.6) is 0 Å². The molecule has 0 aliphatic rings. The number of urea groups is 1. The number of carbonyl (C=O) groups is 2. The third-order valence-corrected chi connectivity index (χ3v) is 3.27. The molecule has 3 N–H and O–H groups in total. The van der Waals surface area contributed by atoms with Gasteiger partial charge in [0.25, 0.3) is 0 Å². The molecule has 0 bridgehead atoms. The molecule has 0 aromatic carbocycles. The number of amides is 2. The number of thiazole rings is 1. The number of nitrogens with zero attached hydrogens (tertiary/aromatic N) is 1. The Morgan fingerprint density at radius 3 is 2.61 bits per heavy atom. The molecule has 1 aromatic heterocycles. The Kier molecular flexibility index (Phi) is 4.66. The van der Waals surface area contributed by atoms with Crippen molar-refractivity contribution in [2.75, 3.05) is 6.54 Å². The first-order valence-corrected chi connectivity index (χ1v) is 6.29. The molecule has 7 heteroatoms. The maximum atomic E-state index is 11.5. The molecular formula is C11H17N3O3S. The number of carbonyl (C=O) groups excluding carboxylic acids is 1. The summed E-state index contributed by atoms with van der Waals surface area (Å²) in [4.78, 5) is 27.3. The first-order chi connectivity index (χ1) is 8.31. The Hall–Kier alpha value is -1.63. The van der Waals surface area contributed by atoms with E-state index in [4.69, 9.17) is 5.11 Å². The fourth-order valence-corrected chi connectivity index (χ4v) is 1.83.